The van der Waals surface area contributed by atoms with Crippen molar-refractivity contribution in [3.8, 4) is 0 Å². The molecule has 1 amide bonds. The number of hydrogen-bond donors (Lipinski definition) is 2. The van der Waals surface area contributed by atoms with Crippen molar-refractivity contribution in [3.63, 3.8) is 0 Å². The fraction of sp³-hybridized carbons (Fsp3) is 0.320. The molecule has 0 unspecified atom stereocenters. The van der Waals surface area contributed by atoms with Crippen LogP contribution < -0.4 is 0 Å². The molecule has 9 heteroatoms. The van der Waals surface area contributed by atoms with Crippen LogP contribution in [-0.4, -0.2) is 44.6 Å². The number of ether oxygens (including phenoxy) is 1. The number of thiol groups is 1. The number of benzene rings is 3. The lowest BCUT2D eigenvalue weighted by Crippen LogP contribution is -2.37. The molecule has 1 N–H and O–H groups in total. The van der Waals surface area contributed by atoms with Gasteiger partial charge in [-0.3, -0.25) is 10.1 Å². The first kappa shape index (κ1) is 24.4. The monoisotopic (exact) mass is 498 g/mol. The number of likely N-dealkylation sites (tertiary alicyclic amines) is 1. The average molecular weight is 499 g/mol. The standard InChI is InChI=1S/C25H26N2O5S2/c28-13-18-1-5-21-10-19(2-6-20(21)9-18)15-34-16-23-11-24(33)12-26(23)25(29)32-14-17-3-7-22(8-4-17)27(30)31/h1-10,23-24,28,33H,11-16H2/t23-,24-/m0/s1. The van der Waals surface area contributed by atoms with E-state index >= 15 is 0 Å². The molecule has 0 spiro atoms. The number of aliphatic hydroxyl groups excluding tert-OH is 1. The summed E-state index contributed by atoms with van der Waals surface area (Å²) in [6, 6.07) is 18.3. The van der Waals surface area contributed by atoms with E-state index in [4.69, 9.17) is 4.74 Å². The second kappa shape index (κ2) is 11.1. The third-order valence-electron chi connectivity index (χ3n) is 5.87. The molecule has 0 bridgehead atoms. The van der Waals surface area contributed by atoms with Gasteiger partial charge in [-0.05, 0) is 52.1 Å². The Morgan fingerprint density at radius 2 is 1.74 bits per heavy atom. The van der Waals surface area contributed by atoms with Gasteiger partial charge in [0.1, 0.15) is 6.61 Å². The van der Waals surface area contributed by atoms with Gasteiger partial charge in [-0.25, -0.2) is 4.79 Å². The van der Waals surface area contributed by atoms with Gasteiger partial charge in [0, 0.05) is 41.5 Å². The molecule has 1 saturated heterocycles. The minimum absolute atomic E-state index is 0.00551. The zero-order chi connectivity index (χ0) is 24.1. The molecule has 178 valence electrons. The van der Waals surface area contributed by atoms with Crippen molar-refractivity contribution in [1.82, 2.24) is 4.90 Å². The molecule has 4 rings (SSSR count). The maximum Gasteiger partial charge on any atom is 0.410 e. The van der Waals surface area contributed by atoms with Crippen LogP contribution in [0.15, 0.2) is 60.7 Å². The highest BCUT2D eigenvalue weighted by Crippen LogP contribution is 2.28. The molecule has 3 aromatic carbocycles. The minimum Gasteiger partial charge on any atom is -0.445 e. The van der Waals surface area contributed by atoms with Crippen LogP contribution in [0.4, 0.5) is 10.5 Å². The molecule has 1 aliphatic rings. The molecular weight excluding hydrogens is 472 g/mol. The Labute approximate surface area is 207 Å². The number of nitrogens with zero attached hydrogens (tertiary/aromatic N) is 2. The van der Waals surface area contributed by atoms with E-state index in [0.717, 1.165) is 34.3 Å². The summed E-state index contributed by atoms with van der Waals surface area (Å²) in [5.41, 5.74) is 2.82. The van der Waals surface area contributed by atoms with Crippen LogP contribution in [0, 0.1) is 10.1 Å². The van der Waals surface area contributed by atoms with Crippen LogP contribution in [0.3, 0.4) is 0 Å². The van der Waals surface area contributed by atoms with E-state index in [1.807, 2.05) is 18.2 Å². The first-order valence-electron chi connectivity index (χ1n) is 11.0. The van der Waals surface area contributed by atoms with Gasteiger partial charge in [0.2, 0.25) is 0 Å². The van der Waals surface area contributed by atoms with Gasteiger partial charge >= 0.3 is 6.09 Å². The number of carbonyl (C=O) groups is 1. The zero-order valence-corrected chi connectivity index (χ0v) is 20.2. The Morgan fingerprint density at radius 3 is 2.41 bits per heavy atom. The summed E-state index contributed by atoms with van der Waals surface area (Å²) in [7, 11) is 0. The second-order valence-corrected chi connectivity index (χ2v) is 10.1. The predicted octanol–water partition coefficient (Wildman–Crippen LogP) is 5.18. The van der Waals surface area contributed by atoms with Crippen molar-refractivity contribution >= 4 is 46.9 Å². The number of amides is 1. The summed E-state index contributed by atoms with van der Waals surface area (Å²) in [5, 5.41) is 22.4. The van der Waals surface area contributed by atoms with Gasteiger partial charge in [-0.2, -0.15) is 24.4 Å². The molecular formula is C25H26N2O5S2. The lowest BCUT2D eigenvalue weighted by Gasteiger charge is -2.23. The first-order chi connectivity index (χ1) is 16.4. The lowest BCUT2D eigenvalue weighted by atomic mass is 10.1. The fourth-order valence-electron chi connectivity index (χ4n) is 4.06. The summed E-state index contributed by atoms with van der Waals surface area (Å²) in [4.78, 5) is 24.8. The number of nitro benzene ring substituents is 1. The highest BCUT2D eigenvalue weighted by Gasteiger charge is 2.34. The predicted molar refractivity (Wildman–Crippen MR) is 137 cm³/mol. The van der Waals surface area contributed by atoms with Crippen LogP contribution in [0.1, 0.15) is 23.1 Å². The number of carbonyl (C=O) groups excluding carboxylic acids is 1. The first-order valence-corrected chi connectivity index (χ1v) is 12.6. The molecule has 1 heterocycles. The van der Waals surface area contributed by atoms with Gasteiger partial charge in [0.15, 0.2) is 0 Å². The molecule has 0 radical (unpaired) electrons. The summed E-state index contributed by atoms with van der Waals surface area (Å²) in [6.45, 7) is 0.643. The van der Waals surface area contributed by atoms with Gasteiger partial charge in [0.05, 0.1) is 11.5 Å². The Balaban J connectivity index is 1.30. The van der Waals surface area contributed by atoms with E-state index in [2.05, 4.69) is 30.8 Å². The molecule has 1 fully saturated rings. The molecule has 1 aliphatic heterocycles. The largest absolute Gasteiger partial charge is 0.445 e. The Kier molecular flexibility index (Phi) is 7.97. The molecule has 0 saturated carbocycles. The van der Waals surface area contributed by atoms with E-state index in [-0.39, 0.29) is 36.3 Å². The molecule has 0 aromatic heterocycles. The van der Waals surface area contributed by atoms with Crippen LogP contribution in [0.25, 0.3) is 10.8 Å². The van der Waals surface area contributed by atoms with Gasteiger partial charge < -0.3 is 14.7 Å². The number of nitro groups is 1. The molecule has 0 aliphatic carbocycles. The highest BCUT2D eigenvalue weighted by atomic mass is 32.2. The third-order valence-corrected chi connectivity index (χ3v) is 7.40. The van der Waals surface area contributed by atoms with Gasteiger partial charge in [0.25, 0.3) is 5.69 Å². The number of hydrogen-bond acceptors (Lipinski definition) is 7. The van der Waals surface area contributed by atoms with E-state index in [0.29, 0.717) is 12.1 Å². The van der Waals surface area contributed by atoms with Crippen molar-refractivity contribution in [1.29, 1.82) is 0 Å². The van der Waals surface area contributed by atoms with Crippen LogP contribution in [0.2, 0.25) is 0 Å². The topological polar surface area (TPSA) is 92.9 Å². The molecule has 34 heavy (non-hydrogen) atoms. The fourth-order valence-corrected chi connectivity index (χ4v) is 5.60. The van der Waals surface area contributed by atoms with Crippen LogP contribution in [-0.2, 0) is 23.7 Å². The third kappa shape index (κ3) is 6.02. The SMILES string of the molecule is O=C(OCc1ccc([N+](=O)[O-])cc1)N1C[C@@H](S)C[C@H]1CSCc1ccc2cc(CO)ccc2c1. The number of fused-ring (bicyclic) bond motifs is 1. The summed E-state index contributed by atoms with van der Waals surface area (Å²) >= 11 is 6.36. The van der Waals surface area contributed by atoms with E-state index in [1.54, 1.807) is 28.8 Å². The van der Waals surface area contributed by atoms with Crippen molar-refractivity contribution in [2.45, 2.75) is 36.7 Å². The Morgan fingerprint density at radius 1 is 1.09 bits per heavy atom. The van der Waals surface area contributed by atoms with Gasteiger partial charge in [-0.15, -0.1) is 0 Å². The maximum atomic E-state index is 12.7. The van der Waals surface area contributed by atoms with Crippen LogP contribution in [0.5, 0.6) is 0 Å². The number of rotatable bonds is 8. The number of aliphatic hydroxyl groups is 1. The highest BCUT2D eigenvalue weighted by molar-refractivity contribution is 7.98. The minimum atomic E-state index is -0.458. The average Bonchev–Trinajstić information content (AvgIpc) is 3.22. The molecule has 7 nitrogen and oxygen atoms in total. The lowest BCUT2D eigenvalue weighted by molar-refractivity contribution is -0.384. The Hall–Kier alpha value is -2.75. The van der Waals surface area contributed by atoms with Crippen molar-refractivity contribution in [2.24, 2.45) is 0 Å². The van der Waals surface area contributed by atoms with E-state index in [1.165, 1.54) is 17.7 Å². The number of thioether (sulfide) groups is 1. The summed E-state index contributed by atoms with van der Waals surface area (Å²) < 4.78 is 5.48. The number of non-ortho nitro benzene ring substituents is 1. The van der Waals surface area contributed by atoms with Crippen molar-refractivity contribution < 1.29 is 19.6 Å². The summed E-state index contributed by atoms with van der Waals surface area (Å²) in [6.07, 6.45) is 0.426. The maximum absolute atomic E-state index is 12.7. The van der Waals surface area contributed by atoms with Crippen molar-refractivity contribution in [2.75, 3.05) is 12.3 Å². The molecule has 2 atom stereocenters. The second-order valence-electron chi connectivity index (χ2n) is 8.36. The van der Waals surface area contributed by atoms with Crippen molar-refractivity contribution in [3.05, 3.63) is 87.5 Å². The molecule has 3 aromatic rings. The summed E-state index contributed by atoms with van der Waals surface area (Å²) in [5.74, 6) is 1.61. The van der Waals surface area contributed by atoms with E-state index in [9.17, 15) is 20.0 Å². The quantitative estimate of drug-likeness (QED) is 0.252. The van der Waals surface area contributed by atoms with E-state index < -0.39 is 4.92 Å². The zero-order valence-electron chi connectivity index (χ0n) is 18.5. The Bertz CT molecular complexity index is 1170. The smallest absolute Gasteiger partial charge is 0.410 e. The van der Waals surface area contributed by atoms with Gasteiger partial charge in [-0.1, -0.05) is 30.3 Å². The van der Waals surface area contributed by atoms with Crippen LogP contribution >= 0.6 is 24.4 Å². The normalized spacial score (nSPS) is 17.8.